The second-order valence-electron chi connectivity index (χ2n) is 4.43. The maximum atomic E-state index is 6.16. The average molecular weight is 264 g/mol. The fraction of sp³-hybridized carbons (Fsp3) is 0.462. The minimum absolute atomic E-state index is 0.00855. The summed E-state index contributed by atoms with van der Waals surface area (Å²) in [6.07, 6.45) is 0.735. The number of thiazole rings is 1. The molecule has 1 aromatic carbocycles. The van der Waals surface area contributed by atoms with E-state index in [1.54, 1.807) is 11.3 Å². The van der Waals surface area contributed by atoms with Gasteiger partial charge in [-0.2, -0.15) is 0 Å². The first-order chi connectivity index (χ1) is 8.83. The van der Waals surface area contributed by atoms with Crippen molar-refractivity contribution in [2.24, 2.45) is 5.73 Å². The third-order valence-electron chi connectivity index (χ3n) is 3.07. The molecule has 0 aliphatic carbocycles. The van der Waals surface area contributed by atoms with E-state index in [1.165, 1.54) is 4.70 Å². The molecule has 2 unspecified atom stereocenters. The zero-order chi connectivity index (χ0) is 12.4. The predicted molar refractivity (Wildman–Crippen MR) is 71.9 cm³/mol. The maximum Gasteiger partial charge on any atom is 0.0964 e. The topological polar surface area (TPSA) is 57.4 Å². The molecular weight excluding hydrogens is 248 g/mol. The molecule has 1 aliphatic rings. The fourth-order valence-corrected chi connectivity index (χ4v) is 3.13. The second kappa shape index (κ2) is 5.32. The lowest BCUT2D eigenvalue weighted by Crippen LogP contribution is -2.44. The van der Waals surface area contributed by atoms with Crippen LogP contribution in [0.2, 0.25) is 0 Å². The highest BCUT2D eigenvalue weighted by atomic mass is 32.1. The summed E-state index contributed by atoms with van der Waals surface area (Å²) in [4.78, 5) is 4.59. The summed E-state index contributed by atoms with van der Waals surface area (Å²) in [5, 5.41) is 1.07. The quantitative estimate of drug-likeness (QED) is 0.914. The number of aromatic nitrogens is 1. The molecule has 2 heterocycles. The standard InChI is InChI=1S/C13H16N2O2S/c14-9(11-8-16-5-6-17-11)7-13-15-10-3-1-2-4-12(10)18-13/h1-4,9,11H,5-8,14H2. The first-order valence-corrected chi connectivity index (χ1v) is 6.94. The number of benzene rings is 1. The van der Waals surface area contributed by atoms with Crippen molar-refractivity contribution in [2.45, 2.75) is 18.6 Å². The Morgan fingerprint density at radius 1 is 1.39 bits per heavy atom. The maximum absolute atomic E-state index is 6.16. The van der Waals surface area contributed by atoms with E-state index in [0.29, 0.717) is 19.8 Å². The van der Waals surface area contributed by atoms with E-state index in [-0.39, 0.29) is 12.1 Å². The van der Waals surface area contributed by atoms with E-state index in [2.05, 4.69) is 11.1 Å². The van der Waals surface area contributed by atoms with Crippen LogP contribution in [0.1, 0.15) is 5.01 Å². The van der Waals surface area contributed by atoms with Gasteiger partial charge in [0.05, 0.1) is 41.1 Å². The number of fused-ring (bicyclic) bond motifs is 1. The Balaban J connectivity index is 1.71. The van der Waals surface area contributed by atoms with Gasteiger partial charge in [-0.1, -0.05) is 12.1 Å². The number of nitrogens with zero attached hydrogens (tertiary/aromatic N) is 1. The molecule has 2 aromatic rings. The van der Waals surface area contributed by atoms with Crippen LogP contribution in [0.25, 0.3) is 10.2 Å². The molecule has 1 saturated heterocycles. The van der Waals surface area contributed by atoms with Gasteiger partial charge in [0.1, 0.15) is 0 Å². The summed E-state index contributed by atoms with van der Waals surface area (Å²) < 4.78 is 12.2. The highest BCUT2D eigenvalue weighted by Gasteiger charge is 2.23. The summed E-state index contributed by atoms with van der Waals surface area (Å²) in [6, 6.07) is 8.10. The van der Waals surface area contributed by atoms with E-state index in [4.69, 9.17) is 15.2 Å². The van der Waals surface area contributed by atoms with Crippen LogP contribution in [0.3, 0.4) is 0 Å². The molecule has 0 saturated carbocycles. The molecule has 4 nitrogen and oxygen atoms in total. The molecular formula is C13H16N2O2S. The third kappa shape index (κ3) is 2.54. The molecule has 1 fully saturated rings. The number of hydrogen-bond donors (Lipinski definition) is 1. The monoisotopic (exact) mass is 264 g/mol. The molecule has 0 amide bonds. The molecule has 0 bridgehead atoms. The van der Waals surface area contributed by atoms with Crippen molar-refractivity contribution < 1.29 is 9.47 Å². The zero-order valence-corrected chi connectivity index (χ0v) is 10.9. The number of rotatable bonds is 3. The van der Waals surface area contributed by atoms with E-state index >= 15 is 0 Å². The minimum atomic E-state index is -0.0501. The second-order valence-corrected chi connectivity index (χ2v) is 5.54. The van der Waals surface area contributed by atoms with E-state index in [1.807, 2.05) is 18.2 Å². The smallest absolute Gasteiger partial charge is 0.0964 e. The molecule has 0 spiro atoms. The number of ether oxygens (including phenoxy) is 2. The largest absolute Gasteiger partial charge is 0.376 e. The van der Waals surface area contributed by atoms with E-state index < -0.39 is 0 Å². The highest BCUT2D eigenvalue weighted by Crippen LogP contribution is 2.23. The van der Waals surface area contributed by atoms with Crippen LogP contribution in [-0.4, -0.2) is 37.0 Å². The van der Waals surface area contributed by atoms with Gasteiger partial charge in [-0.15, -0.1) is 11.3 Å². The van der Waals surface area contributed by atoms with Crippen molar-refractivity contribution in [2.75, 3.05) is 19.8 Å². The first kappa shape index (κ1) is 12.0. The summed E-state index contributed by atoms with van der Waals surface area (Å²) in [7, 11) is 0. The Bertz CT molecular complexity index is 489. The van der Waals surface area contributed by atoms with Crippen molar-refractivity contribution in [3.05, 3.63) is 29.3 Å². The lowest BCUT2D eigenvalue weighted by Gasteiger charge is -2.27. The predicted octanol–water partition coefficient (Wildman–Crippen LogP) is 1.58. The summed E-state index contributed by atoms with van der Waals surface area (Å²) in [5.74, 6) is 0. The van der Waals surface area contributed by atoms with Crippen LogP contribution in [0.5, 0.6) is 0 Å². The molecule has 5 heteroatoms. The highest BCUT2D eigenvalue weighted by molar-refractivity contribution is 7.18. The normalized spacial score (nSPS) is 22.2. The fourth-order valence-electron chi connectivity index (χ4n) is 2.09. The van der Waals surface area contributed by atoms with Gasteiger partial charge in [-0.3, -0.25) is 0 Å². The number of hydrogen-bond acceptors (Lipinski definition) is 5. The molecule has 1 aliphatic heterocycles. The Kier molecular flexibility index (Phi) is 3.56. The van der Waals surface area contributed by atoms with Gasteiger partial charge in [0.15, 0.2) is 0 Å². The Hall–Kier alpha value is -1.01. The van der Waals surface area contributed by atoms with E-state index in [0.717, 1.165) is 16.9 Å². The third-order valence-corrected chi connectivity index (χ3v) is 4.13. The number of nitrogens with two attached hydrogens (primary N) is 1. The SMILES string of the molecule is NC(Cc1nc2ccccc2s1)C1COCCO1. The Morgan fingerprint density at radius 2 is 2.28 bits per heavy atom. The summed E-state index contributed by atoms with van der Waals surface area (Å²) in [5.41, 5.74) is 7.21. The van der Waals surface area contributed by atoms with Gasteiger partial charge >= 0.3 is 0 Å². The Morgan fingerprint density at radius 3 is 3.06 bits per heavy atom. The average Bonchev–Trinajstić information content (AvgIpc) is 2.82. The van der Waals surface area contributed by atoms with Gasteiger partial charge in [-0.25, -0.2) is 4.98 Å². The van der Waals surface area contributed by atoms with Crippen molar-refractivity contribution >= 4 is 21.6 Å². The van der Waals surface area contributed by atoms with Gasteiger partial charge in [0.2, 0.25) is 0 Å². The lowest BCUT2D eigenvalue weighted by atomic mass is 10.1. The van der Waals surface area contributed by atoms with Gasteiger partial charge < -0.3 is 15.2 Å². The van der Waals surface area contributed by atoms with Crippen molar-refractivity contribution in [3.63, 3.8) is 0 Å². The molecule has 1 aromatic heterocycles. The molecule has 2 N–H and O–H groups in total. The van der Waals surface area contributed by atoms with Crippen molar-refractivity contribution in [3.8, 4) is 0 Å². The molecule has 2 atom stereocenters. The molecule has 96 valence electrons. The van der Waals surface area contributed by atoms with Crippen molar-refractivity contribution in [1.29, 1.82) is 0 Å². The van der Waals surface area contributed by atoms with Crippen LogP contribution in [-0.2, 0) is 15.9 Å². The Labute approximate surface area is 110 Å². The lowest BCUT2D eigenvalue weighted by molar-refractivity contribution is -0.0967. The summed E-state index contributed by atoms with van der Waals surface area (Å²) in [6.45, 7) is 1.90. The van der Waals surface area contributed by atoms with Crippen LogP contribution >= 0.6 is 11.3 Å². The van der Waals surface area contributed by atoms with Gasteiger partial charge in [-0.05, 0) is 12.1 Å². The molecule has 0 radical (unpaired) electrons. The van der Waals surface area contributed by atoms with Crippen LogP contribution in [0.15, 0.2) is 24.3 Å². The molecule has 3 rings (SSSR count). The number of para-hydroxylation sites is 1. The van der Waals surface area contributed by atoms with Crippen LogP contribution in [0.4, 0.5) is 0 Å². The van der Waals surface area contributed by atoms with E-state index in [9.17, 15) is 0 Å². The van der Waals surface area contributed by atoms with Crippen molar-refractivity contribution in [1.82, 2.24) is 4.98 Å². The molecule has 18 heavy (non-hydrogen) atoms. The zero-order valence-electron chi connectivity index (χ0n) is 10.0. The first-order valence-electron chi connectivity index (χ1n) is 6.12. The summed E-state index contributed by atoms with van der Waals surface area (Å²) >= 11 is 1.70. The van der Waals surface area contributed by atoms with Gasteiger partial charge in [0, 0.05) is 12.5 Å². The van der Waals surface area contributed by atoms with Crippen LogP contribution < -0.4 is 5.73 Å². The minimum Gasteiger partial charge on any atom is -0.376 e. The van der Waals surface area contributed by atoms with Gasteiger partial charge in [0.25, 0.3) is 0 Å². The van der Waals surface area contributed by atoms with Crippen LogP contribution in [0, 0.1) is 0 Å².